The molecule has 25 heavy (non-hydrogen) atoms. The Hall–Kier alpha value is -2.47. The molecule has 1 aromatic carbocycles. The number of ketones is 1. The lowest BCUT2D eigenvalue weighted by molar-refractivity contribution is -0.0228. The number of hydrogen-bond acceptors (Lipinski definition) is 3. The van der Waals surface area contributed by atoms with Gasteiger partial charge in [-0.3, -0.25) is 9.59 Å². The molecule has 1 fully saturated rings. The summed E-state index contributed by atoms with van der Waals surface area (Å²) in [7, 11) is 0. The summed E-state index contributed by atoms with van der Waals surface area (Å²) in [5.74, 6) is -0.511. The predicted molar refractivity (Wildman–Crippen MR) is 91.3 cm³/mol. The van der Waals surface area contributed by atoms with Gasteiger partial charge in [0.2, 0.25) is 0 Å². The third-order valence-corrected chi connectivity index (χ3v) is 4.60. The van der Waals surface area contributed by atoms with Crippen LogP contribution >= 0.6 is 0 Å². The van der Waals surface area contributed by atoms with E-state index in [1.54, 1.807) is 30.9 Å². The van der Waals surface area contributed by atoms with Gasteiger partial charge in [-0.25, -0.2) is 4.39 Å². The van der Waals surface area contributed by atoms with Gasteiger partial charge < -0.3 is 14.6 Å². The van der Waals surface area contributed by atoms with Crippen molar-refractivity contribution in [1.82, 2.24) is 9.88 Å². The number of rotatable bonds is 3. The highest BCUT2D eigenvalue weighted by atomic mass is 19.1. The van der Waals surface area contributed by atoms with Gasteiger partial charge in [-0.1, -0.05) is 12.1 Å². The number of aromatic amines is 1. The molecule has 2 aromatic rings. The first kappa shape index (κ1) is 17.4. The lowest BCUT2D eigenvalue weighted by Crippen LogP contribution is -2.42. The highest BCUT2D eigenvalue weighted by Gasteiger charge is 2.29. The topological polar surface area (TPSA) is 62.4 Å². The van der Waals surface area contributed by atoms with E-state index in [2.05, 4.69) is 4.98 Å². The molecule has 0 spiro atoms. The molecule has 0 radical (unpaired) electrons. The lowest BCUT2D eigenvalue weighted by atomic mass is 10.0. The fourth-order valence-corrected chi connectivity index (χ4v) is 3.29. The number of nitrogens with one attached hydrogen (secondary N) is 1. The lowest BCUT2D eigenvalue weighted by Gasteiger charge is -2.33. The van der Waals surface area contributed by atoms with Gasteiger partial charge in [-0.05, 0) is 37.1 Å². The van der Waals surface area contributed by atoms with Crippen LogP contribution in [0.25, 0.3) is 0 Å². The Balaban J connectivity index is 1.83. The summed E-state index contributed by atoms with van der Waals surface area (Å²) in [6.07, 6.45) is -0.287. The number of H-pyrrole nitrogens is 1. The molecule has 1 aliphatic rings. The molecule has 1 saturated heterocycles. The smallest absolute Gasteiger partial charge is 0.256 e. The summed E-state index contributed by atoms with van der Waals surface area (Å²) < 4.78 is 18.8. The molecule has 0 bridgehead atoms. The highest BCUT2D eigenvalue weighted by molar-refractivity contribution is 6.02. The molecule has 1 aromatic heterocycles. The van der Waals surface area contributed by atoms with Crippen molar-refractivity contribution in [3.8, 4) is 0 Å². The second kappa shape index (κ2) is 6.80. The summed E-state index contributed by atoms with van der Waals surface area (Å²) >= 11 is 0. The summed E-state index contributed by atoms with van der Waals surface area (Å²) in [6, 6.07) is 6.13. The van der Waals surface area contributed by atoms with Crippen LogP contribution in [0.2, 0.25) is 0 Å². The minimum absolute atomic E-state index is 0.0918. The van der Waals surface area contributed by atoms with Crippen molar-refractivity contribution in [1.29, 1.82) is 0 Å². The first-order valence-electron chi connectivity index (χ1n) is 8.25. The minimum Gasteiger partial charge on any atom is -0.370 e. The number of carbonyl (C=O) groups is 2. The van der Waals surface area contributed by atoms with E-state index in [0.29, 0.717) is 42.2 Å². The number of aryl methyl sites for hydroxylation is 1. The number of morpholine rings is 1. The molecule has 0 aliphatic carbocycles. The third kappa shape index (κ3) is 3.35. The molecule has 0 saturated carbocycles. The van der Waals surface area contributed by atoms with Crippen LogP contribution in [0.1, 0.15) is 50.7 Å². The van der Waals surface area contributed by atoms with Crippen LogP contribution in [0, 0.1) is 19.7 Å². The number of aromatic nitrogens is 1. The fraction of sp³-hybridized carbons (Fsp3) is 0.368. The zero-order chi connectivity index (χ0) is 18.1. The van der Waals surface area contributed by atoms with Crippen LogP contribution < -0.4 is 0 Å². The van der Waals surface area contributed by atoms with Crippen LogP contribution in [0.5, 0.6) is 0 Å². The number of ether oxygens (including phenoxy) is 1. The molecule has 1 N–H and O–H groups in total. The van der Waals surface area contributed by atoms with Crippen LogP contribution in [0.15, 0.2) is 24.3 Å². The number of carbonyl (C=O) groups excluding carboxylic acids is 2. The predicted octanol–water partition coefficient (Wildman–Crippen LogP) is 3.19. The number of amides is 1. The van der Waals surface area contributed by atoms with Gasteiger partial charge in [0.1, 0.15) is 11.9 Å². The highest BCUT2D eigenvalue weighted by Crippen LogP contribution is 2.26. The summed E-state index contributed by atoms with van der Waals surface area (Å²) in [5.41, 5.74) is 3.23. The maximum Gasteiger partial charge on any atom is 0.256 e. The van der Waals surface area contributed by atoms with Crippen molar-refractivity contribution < 1.29 is 18.7 Å². The Morgan fingerprint density at radius 1 is 1.24 bits per heavy atom. The standard InChI is InChI=1S/C19H21FN2O3/c1-11-17(12(2)21-18(11)13(3)23)19(24)22-8-9-25-16(10-22)14-4-6-15(20)7-5-14/h4-7,16,21H,8-10H2,1-3H3. The molecular weight excluding hydrogens is 323 g/mol. The van der Waals surface area contributed by atoms with E-state index < -0.39 is 0 Å². The van der Waals surface area contributed by atoms with E-state index in [1.165, 1.54) is 19.1 Å². The molecule has 3 rings (SSSR count). The Kier molecular flexibility index (Phi) is 4.72. The number of hydrogen-bond donors (Lipinski definition) is 1. The number of Topliss-reactive ketones (excluding diaryl/α,β-unsaturated/α-hetero) is 1. The molecule has 6 heteroatoms. The van der Waals surface area contributed by atoms with E-state index in [9.17, 15) is 14.0 Å². The fourth-order valence-electron chi connectivity index (χ4n) is 3.29. The zero-order valence-electron chi connectivity index (χ0n) is 14.6. The van der Waals surface area contributed by atoms with Crippen molar-refractivity contribution in [2.45, 2.75) is 26.9 Å². The molecular formula is C19H21FN2O3. The van der Waals surface area contributed by atoms with Gasteiger partial charge in [0.05, 0.1) is 24.4 Å². The van der Waals surface area contributed by atoms with Gasteiger partial charge in [0.25, 0.3) is 5.91 Å². The van der Waals surface area contributed by atoms with Crippen molar-refractivity contribution in [3.05, 3.63) is 58.2 Å². The minimum atomic E-state index is -0.303. The molecule has 5 nitrogen and oxygen atoms in total. The van der Waals surface area contributed by atoms with Crippen molar-refractivity contribution >= 4 is 11.7 Å². The Labute approximate surface area is 145 Å². The van der Waals surface area contributed by atoms with E-state index in [1.807, 2.05) is 0 Å². The SMILES string of the molecule is CC(=O)c1[nH]c(C)c(C(=O)N2CCOC(c3ccc(F)cc3)C2)c1C. The average molecular weight is 344 g/mol. The summed E-state index contributed by atoms with van der Waals surface area (Å²) in [6.45, 7) is 6.34. The maximum atomic E-state index is 13.1. The molecule has 1 atom stereocenters. The second-order valence-electron chi connectivity index (χ2n) is 6.34. The van der Waals surface area contributed by atoms with Crippen LogP contribution in [-0.2, 0) is 4.74 Å². The number of nitrogens with zero attached hydrogens (tertiary/aromatic N) is 1. The Morgan fingerprint density at radius 3 is 2.52 bits per heavy atom. The summed E-state index contributed by atoms with van der Waals surface area (Å²) in [4.78, 5) is 29.4. The largest absolute Gasteiger partial charge is 0.370 e. The number of halogens is 1. The maximum absolute atomic E-state index is 13.1. The summed E-state index contributed by atoms with van der Waals surface area (Å²) in [5, 5.41) is 0. The average Bonchev–Trinajstić information content (AvgIpc) is 2.90. The van der Waals surface area contributed by atoms with Crippen LogP contribution in [0.4, 0.5) is 4.39 Å². The zero-order valence-corrected chi connectivity index (χ0v) is 14.6. The van der Waals surface area contributed by atoms with Gasteiger partial charge in [-0.2, -0.15) is 0 Å². The Morgan fingerprint density at radius 2 is 1.92 bits per heavy atom. The van der Waals surface area contributed by atoms with Crippen molar-refractivity contribution in [2.75, 3.05) is 19.7 Å². The van der Waals surface area contributed by atoms with E-state index in [0.717, 1.165) is 5.56 Å². The molecule has 2 heterocycles. The van der Waals surface area contributed by atoms with Crippen molar-refractivity contribution in [3.63, 3.8) is 0 Å². The van der Waals surface area contributed by atoms with E-state index in [4.69, 9.17) is 4.74 Å². The normalized spacial score (nSPS) is 17.6. The van der Waals surface area contributed by atoms with E-state index in [-0.39, 0.29) is 23.6 Å². The first-order chi connectivity index (χ1) is 11.9. The van der Waals surface area contributed by atoms with Gasteiger partial charge in [0, 0.05) is 19.2 Å². The third-order valence-electron chi connectivity index (χ3n) is 4.60. The van der Waals surface area contributed by atoms with Gasteiger partial charge >= 0.3 is 0 Å². The van der Waals surface area contributed by atoms with Gasteiger partial charge in [-0.15, -0.1) is 0 Å². The molecule has 1 aliphatic heterocycles. The van der Waals surface area contributed by atoms with Crippen molar-refractivity contribution in [2.24, 2.45) is 0 Å². The molecule has 1 unspecified atom stereocenters. The molecule has 132 valence electrons. The second-order valence-corrected chi connectivity index (χ2v) is 6.34. The van der Waals surface area contributed by atoms with Crippen LogP contribution in [0.3, 0.4) is 0 Å². The first-order valence-corrected chi connectivity index (χ1v) is 8.25. The molecule has 1 amide bonds. The monoisotopic (exact) mass is 344 g/mol. The van der Waals surface area contributed by atoms with Gasteiger partial charge in [0.15, 0.2) is 5.78 Å². The quantitative estimate of drug-likeness (QED) is 0.870. The van der Waals surface area contributed by atoms with Crippen LogP contribution in [-0.4, -0.2) is 41.3 Å². The number of benzene rings is 1. The van der Waals surface area contributed by atoms with E-state index >= 15 is 0 Å². The Bertz CT molecular complexity index is 811.